The van der Waals surface area contributed by atoms with E-state index in [2.05, 4.69) is 227 Å². The standard InChI is InChI=1S/3C18H36.C15H16F5N3O5.3C10H20N4O4/c3*1-9-17(11-15(7)13(3)4)18(10-2)12-16(8)14(5)6;16-10-11(17)13(19)15(14(20)12(10)18)28-9(24)1-3-25-5-7-27-8-6-26-4-2-22-23-21;3*1-12-10(15)2-4-16-6-8-18-9-7-17-5-3-13-14-11/h3*13-16H,9-12H2,1-8H3;1-8H2;3*2-9H2,1H3,(H,12,15)/b3*18-17-;;;;/t3*15-,16+;;;;. The lowest BCUT2D eigenvalue weighted by Crippen LogP contribution is -2.20. The quantitative estimate of drug-likeness (QED) is 0.00521. The second-order valence-corrected chi connectivity index (χ2v) is 34.9. The number of nitrogens with zero attached hydrogens (tertiary/aromatic N) is 12. The second-order valence-electron chi connectivity index (χ2n) is 34.9. The van der Waals surface area contributed by atoms with Gasteiger partial charge in [0.1, 0.15) is 0 Å². The van der Waals surface area contributed by atoms with Gasteiger partial charge >= 0.3 is 5.97 Å². The summed E-state index contributed by atoms with van der Waals surface area (Å²) in [6.07, 6.45) is 15.9. The molecule has 32 nitrogen and oxygen atoms in total. The van der Waals surface area contributed by atoms with Crippen LogP contribution in [-0.4, -0.2) is 230 Å². The summed E-state index contributed by atoms with van der Waals surface area (Å²) in [6, 6.07) is 0. The predicted octanol–water partition coefficient (Wildman–Crippen LogP) is 23.9. The van der Waals surface area contributed by atoms with Crippen LogP contribution in [0.2, 0.25) is 0 Å². The average molecular weight is 1950 g/mol. The molecule has 0 saturated heterocycles. The van der Waals surface area contributed by atoms with E-state index in [9.17, 15) is 41.1 Å². The molecule has 0 aromatic heterocycles. The summed E-state index contributed by atoms with van der Waals surface area (Å²) in [7, 11) is 4.77. The monoisotopic (exact) mass is 1950 g/mol. The van der Waals surface area contributed by atoms with Crippen molar-refractivity contribution >= 4 is 23.7 Å². The van der Waals surface area contributed by atoms with Crippen molar-refractivity contribution in [2.45, 2.75) is 269 Å². The molecule has 0 aliphatic carbocycles. The van der Waals surface area contributed by atoms with Crippen LogP contribution >= 0.6 is 0 Å². The maximum atomic E-state index is 13.4. The zero-order valence-electron chi connectivity index (χ0n) is 88.7. The van der Waals surface area contributed by atoms with Gasteiger partial charge in [0.2, 0.25) is 52.6 Å². The third-order valence-electron chi connectivity index (χ3n) is 23.0. The van der Waals surface area contributed by atoms with Crippen molar-refractivity contribution in [3.05, 3.63) is 104 Å². The number of amides is 3. The summed E-state index contributed by atoms with van der Waals surface area (Å²) < 4.78 is 132. The van der Waals surface area contributed by atoms with E-state index in [1.54, 1.807) is 54.6 Å². The number of benzene rings is 1. The van der Waals surface area contributed by atoms with Crippen LogP contribution in [0.3, 0.4) is 0 Å². The molecule has 0 heterocycles. The minimum atomic E-state index is -2.35. The molecular weight excluding hydrogens is 1770 g/mol. The molecule has 1 aromatic carbocycles. The van der Waals surface area contributed by atoms with Crippen LogP contribution in [0.25, 0.3) is 41.8 Å². The molecule has 0 fully saturated rings. The van der Waals surface area contributed by atoms with Crippen LogP contribution in [0.5, 0.6) is 5.75 Å². The number of hydrogen-bond donors (Lipinski definition) is 3. The van der Waals surface area contributed by atoms with Gasteiger partial charge in [-0.05, 0) is 170 Å². The van der Waals surface area contributed by atoms with Crippen molar-refractivity contribution in [2.75, 3.05) is 206 Å². The molecule has 3 N–H and O–H groups in total. The summed E-state index contributed by atoms with van der Waals surface area (Å²) >= 11 is 0. The predicted molar refractivity (Wildman–Crippen MR) is 533 cm³/mol. The summed E-state index contributed by atoms with van der Waals surface area (Å²) in [5, 5.41) is 20.8. The minimum absolute atomic E-state index is 0.0376. The number of nitrogens with one attached hydrogen (secondary N) is 3. The third-order valence-corrected chi connectivity index (χ3v) is 23.0. The Bertz CT molecular complexity index is 3090. The van der Waals surface area contributed by atoms with E-state index in [0.29, 0.717) is 158 Å². The van der Waals surface area contributed by atoms with Crippen LogP contribution in [0, 0.1) is 100 Å². The molecule has 0 unspecified atom stereocenters. The highest BCUT2D eigenvalue weighted by Gasteiger charge is 2.29. The van der Waals surface area contributed by atoms with E-state index in [4.69, 9.17) is 79.0 Å². The van der Waals surface area contributed by atoms with Crippen molar-refractivity contribution < 1.29 is 103 Å². The van der Waals surface area contributed by atoms with E-state index >= 15 is 0 Å². The van der Waals surface area contributed by atoms with Crippen LogP contribution < -0.4 is 20.7 Å². The average Bonchev–Trinajstić information content (AvgIpc) is 0.795. The number of rotatable bonds is 73. The van der Waals surface area contributed by atoms with Gasteiger partial charge in [-0.15, -0.1) is 0 Å². The largest absolute Gasteiger partial charge is 0.420 e. The number of carbonyl (C=O) groups is 4. The van der Waals surface area contributed by atoms with Gasteiger partial charge in [0.25, 0.3) is 0 Å². The summed E-state index contributed by atoms with van der Waals surface area (Å²) in [6.45, 7) is 66.5. The first-order chi connectivity index (χ1) is 64.8. The fourth-order valence-corrected chi connectivity index (χ4v) is 11.6. The zero-order valence-corrected chi connectivity index (χ0v) is 88.7. The number of carbonyl (C=O) groups excluding carboxylic acids is 4. The topological polar surface area (TPSA) is 419 Å². The molecule has 1 aromatic rings. The molecule has 0 radical (unpaired) electrons. The number of halogens is 5. The molecule has 792 valence electrons. The lowest BCUT2D eigenvalue weighted by Gasteiger charge is -2.23. The Labute approximate surface area is 814 Å². The highest BCUT2D eigenvalue weighted by atomic mass is 19.2. The Balaban J connectivity index is -0.000000365. The summed E-state index contributed by atoms with van der Waals surface area (Å²) in [4.78, 5) is 54.3. The number of azide groups is 4. The Morgan fingerprint density at radius 1 is 0.257 bits per heavy atom. The number of allylic oxidation sites excluding steroid dienone is 6. The molecule has 0 spiro atoms. The van der Waals surface area contributed by atoms with Gasteiger partial charge in [0.05, 0.1) is 165 Å². The maximum absolute atomic E-state index is 13.4. The van der Waals surface area contributed by atoms with Gasteiger partial charge in [0.15, 0.2) is 0 Å². The van der Waals surface area contributed by atoms with E-state index < -0.39 is 47.2 Å². The molecule has 0 bridgehead atoms. The Kier molecular flexibility index (Phi) is 100. The number of ether oxygens (including phenoxy) is 13. The highest BCUT2D eigenvalue weighted by molar-refractivity contribution is 5.76. The highest BCUT2D eigenvalue weighted by Crippen LogP contribution is 2.35. The van der Waals surface area contributed by atoms with Crippen LogP contribution in [0.4, 0.5) is 22.0 Å². The lowest BCUT2D eigenvalue weighted by atomic mass is 9.83. The Morgan fingerprint density at radius 3 is 0.566 bits per heavy atom. The van der Waals surface area contributed by atoms with Crippen molar-refractivity contribution in [2.24, 2.45) is 91.5 Å². The van der Waals surface area contributed by atoms with E-state index in [-0.39, 0.29) is 63.9 Å². The first-order valence-electron chi connectivity index (χ1n) is 49.2. The smallest absolute Gasteiger partial charge is 0.313 e. The van der Waals surface area contributed by atoms with Crippen molar-refractivity contribution in [3.8, 4) is 5.75 Å². The zero-order chi connectivity index (χ0) is 104. The van der Waals surface area contributed by atoms with Crippen molar-refractivity contribution in [3.63, 3.8) is 0 Å². The Hall–Kier alpha value is -7.27. The fraction of sp³-hybridized carbons (Fsp3) is 0.838. The molecule has 1 rings (SSSR count). The lowest BCUT2D eigenvalue weighted by molar-refractivity contribution is -0.136. The van der Waals surface area contributed by atoms with Crippen molar-refractivity contribution in [1.29, 1.82) is 0 Å². The Morgan fingerprint density at radius 2 is 0.412 bits per heavy atom. The maximum Gasteiger partial charge on any atom is 0.313 e. The molecule has 136 heavy (non-hydrogen) atoms. The minimum Gasteiger partial charge on any atom is -0.420 e. The molecule has 0 aliphatic rings. The van der Waals surface area contributed by atoms with Crippen molar-refractivity contribution in [1.82, 2.24) is 16.0 Å². The van der Waals surface area contributed by atoms with E-state index in [1.165, 1.54) is 77.0 Å². The van der Waals surface area contributed by atoms with Gasteiger partial charge in [-0.3, -0.25) is 19.2 Å². The van der Waals surface area contributed by atoms with E-state index in [1.807, 2.05) is 0 Å². The number of esters is 1. The fourth-order valence-electron chi connectivity index (χ4n) is 11.6. The molecular formula is C99H184F5N15O17. The third kappa shape index (κ3) is 83.7. The van der Waals surface area contributed by atoms with Gasteiger partial charge < -0.3 is 77.5 Å². The summed E-state index contributed by atoms with van der Waals surface area (Å²) in [5.41, 5.74) is 42.5. The SMILES string of the molecule is CC/C(C[C@@H](C)C(C)C)=C(\CC)C[C@H](C)C(C)C.CC/C(C[C@@H](C)C(C)C)=C(\CC)C[C@H](C)C(C)C.CC/C(C[C@@H](C)C(C)C)=C(\CC)C[C@H](C)C(C)C.CNC(=O)CCOCCOCCOCCN=[N+]=[N-].CNC(=O)CCOCCOCCOCCN=[N+]=[N-].CNC(=O)CCOCCOCCOCCN=[N+]=[N-].[N-]=[N+]=NCCOCCOCCOCCC(=O)Oc1c(F)c(F)c(F)c(F)c1F. The second kappa shape index (κ2) is 97.9. The molecule has 0 aliphatic heterocycles. The number of hydrogen-bond acceptors (Lipinski definition) is 21. The molecule has 6 atom stereocenters. The van der Waals surface area contributed by atoms with Crippen LogP contribution in [-0.2, 0) is 76.0 Å². The van der Waals surface area contributed by atoms with Gasteiger partial charge in [-0.1, -0.05) is 220 Å². The molecule has 0 saturated carbocycles. The van der Waals surface area contributed by atoms with Gasteiger partial charge in [0, 0.05) is 86.2 Å². The first kappa shape index (κ1) is 139. The first-order valence-corrected chi connectivity index (χ1v) is 49.2. The molecule has 37 heteroatoms. The van der Waals surface area contributed by atoms with Gasteiger partial charge in [-0.2, -0.15) is 8.78 Å². The van der Waals surface area contributed by atoms with E-state index in [0.717, 1.165) is 71.0 Å². The summed E-state index contributed by atoms with van der Waals surface area (Å²) in [5.74, 6) is -4.57. The van der Waals surface area contributed by atoms with Crippen LogP contribution in [0.15, 0.2) is 53.9 Å². The normalized spacial score (nSPS) is 12.8. The molecule has 3 amide bonds. The van der Waals surface area contributed by atoms with Crippen LogP contribution in [0.1, 0.15) is 269 Å². The van der Waals surface area contributed by atoms with Gasteiger partial charge in [-0.25, -0.2) is 13.2 Å².